The highest BCUT2D eigenvalue weighted by Gasteiger charge is 2.52. The Morgan fingerprint density at radius 1 is 1.17 bits per heavy atom. The summed E-state index contributed by atoms with van der Waals surface area (Å²) in [5, 5.41) is 9.55. The first kappa shape index (κ1) is 22.4. The van der Waals surface area contributed by atoms with Gasteiger partial charge in [-0.2, -0.15) is 5.26 Å². The number of nitrogens with zero attached hydrogens (tertiary/aromatic N) is 4. The van der Waals surface area contributed by atoms with Crippen molar-refractivity contribution in [2.45, 2.75) is 65.3 Å². The van der Waals surface area contributed by atoms with Crippen molar-refractivity contribution in [3.8, 4) is 6.07 Å². The van der Waals surface area contributed by atoms with Gasteiger partial charge in [0, 0.05) is 37.8 Å². The maximum Gasteiger partial charge on any atom is 0.496 e. The zero-order valence-corrected chi connectivity index (χ0v) is 19.0. The lowest BCUT2D eigenvalue weighted by molar-refractivity contribution is 0.00578. The van der Waals surface area contributed by atoms with Crippen molar-refractivity contribution >= 4 is 24.4 Å². The van der Waals surface area contributed by atoms with Gasteiger partial charge in [-0.1, -0.05) is 0 Å². The van der Waals surface area contributed by atoms with E-state index in [0.29, 0.717) is 31.9 Å². The molecule has 0 unspecified atom stereocenters. The standard InChI is InChI=1S/C21H31BN4O4/c1-19(2,3)28-18(27)26-10-8-25(9-11-26)17-12-15(14-24-16(17)13-23)22-29-20(4,5)21(6,7)30-22/h12,14H,8-11H2,1-7H3. The quantitative estimate of drug-likeness (QED) is 0.687. The fourth-order valence-corrected chi connectivity index (χ4v) is 3.36. The van der Waals surface area contributed by atoms with E-state index in [4.69, 9.17) is 14.0 Å². The zero-order chi connectivity index (χ0) is 22.3. The molecule has 0 atom stereocenters. The van der Waals surface area contributed by atoms with Crippen LogP contribution in [-0.2, 0) is 14.0 Å². The third-order valence-corrected chi connectivity index (χ3v) is 5.79. The molecule has 0 bridgehead atoms. The van der Waals surface area contributed by atoms with Crippen LogP contribution in [0.3, 0.4) is 0 Å². The van der Waals surface area contributed by atoms with Crippen LogP contribution >= 0.6 is 0 Å². The summed E-state index contributed by atoms with van der Waals surface area (Å²) in [6.45, 7) is 15.8. The molecule has 1 amide bonds. The molecule has 3 rings (SSSR count). The highest BCUT2D eigenvalue weighted by molar-refractivity contribution is 6.62. The molecule has 2 aliphatic rings. The van der Waals surface area contributed by atoms with E-state index in [1.165, 1.54) is 0 Å². The number of anilines is 1. The van der Waals surface area contributed by atoms with Crippen molar-refractivity contribution in [1.82, 2.24) is 9.88 Å². The number of carbonyl (C=O) groups excluding carboxylic acids is 1. The van der Waals surface area contributed by atoms with Crippen molar-refractivity contribution in [2.24, 2.45) is 0 Å². The lowest BCUT2D eigenvalue weighted by Crippen LogP contribution is -2.50. The highest BCUT2D eigenvalue weighted by Crippen LogP contribution is 2.36. The van der Waals surface area contributed by atoms with E-state index in [2.05, 4.69) is 16.0 Å². The van der Waals surface area contributed by atoms with Crippen LogP contribution in [0.15, 0.2) is 12.3 Å². The van der Waals surface area contributed by atoms with Gasteiger partial charge >= 0.3 is 13.2 Å². The molecular weight excluding hydrogens is 383 g/mol. The molecular formula is C21H31BN4O4. The van der Waals surface area contributed by atoms with E-state index in [0.717, 1.165) is 11.2 Å². The average molecular weight is 414 g/mol. The molecule has 1 aromatic rings. The van der Waals surface area contributed by atoms with E-state index in [9.17, 15) is 10.1 Å². The average Bonchev–Trinajstić information content (AvgIpc) is 2.87. The van der Waals surface area contributed by atoms with E-state index in [1.807, 2.05) is 54.5 Å². The molecule has 0 saturated carbocycles. The molecule has 30 heavy (non-hydrogen) atoms. The Bertz CT molecular complexity index is 836. The molecule has 8 nitrogen and oxygen atoms in total. The summed E-state index contributed by atoms with van der Waals surface area (Å²) >= 11 is 0. The number of carbonyl (C=O) groups is 1. The minimum Gasteiger partial charge on any atom is -0.444 e. The van der Waals surface area contributed by atoms with Crippen LogP contribution in [0.2, 0.25) is 0 Å². The van der Waals surface area contributed by atoms with Crippen LogP contribution in [0.25, 0.3) is 0 Å². The molecule has 0 N–H and O–H groups in total. The van der Waals surface area contributed by atoms with Gasteiger partial charge < -0.3 is 23.8 Å². The fraction of sp³-hybridized carbons (Fsp3) is 0.667. The van der Waals surface area contributed by atoms with E-state index < -0.39 is 23.9 Å². The number of piperazine rings is 1. The molecule has 9 heteroatoms. The van der Waals surface area contributed by atoms with Gasteiger partial charge in [0.1, 0.15) is 11.7 Å². The number of nitriles is 1. The second-order valence-electron chi connectivity index (χ2n) is 9.79. The smallest absolute Gasteiger partial charge is 0.444 e. The zero-order valence-electron chi connectivity index (χ0n) is 19.0. The van der Waals surface area contributed by atoms with Gasteiger partial charge in [0.25, 0.3) is 0 Å². The van der Waals surface area contributed by atoms with E-state index in [1.54, 1.807) is 11.1 Å². The number of hydrogen-bond acceptors (Lipinski definition) is 7. The van der Waals surface area contributed by atoms with Gasteiger partial charge in [-0.25, -0.2) is 9.78 Å². The maximum absolute atomic E-state index is 12.3. The van der Waals surface area contributed by atoms with Crippen molar-refractivity contribution in [3.05, 3.63) is 18.0 Å². The van der Waals surface area contributed by atoms with Gasteiger partial charge in [0.15, 0.2) is 5.69 Å². The Balaban J connectivity index is 1.75. The summed E-state index contributed by atoms with van der Waals surface area (Å²) < 4.78 is 17.7. The number of hydrogen-bond donors (Lipinski definition) is 0. The molecule has 2 fully saturated rings. The van der Waals surface area contributed by atoms with Crippen LogP contribution in [-0.4, -0.2) is 66.1 Å². The first-order valence-electron chi connectivity index (χ1n) is 10.3. The Hall–Kier alpha value is -2.31. The normalized spacial score (nSPS) is 20.8. The number of ether oxygens (including phenoxy) is 1. The Morgan fingerprint density at radius 3 is 2.23 bits per heavy atom. The molecule has 0 radical (unpaired) electrons. The van der Waals surface area contributed by atoms with Gasteiger partial charge in [-0.05, 0) is 54.5 Å². The Morgan fingerprint density at radius 2 is 1.73 bits per heavy atom. The monoisotopic (exact) mass is 414 g/mol. The van der Waals surface area contributed by atoms with Crippen LogP contribution in [0, 0.1) is 11.3 Å². The number of pyridine rings is 1. The lowest BCUT2D eigenvalue weighted by atomic mass is 9.80. The van der Waals surface area contributed by atoms with Crippen molar-refractivity contribution in [1.29, 1.82) is 5.26 Å². The van der Waals surface area contributed by atoms with Gasteiger partial charge in [0.05, 0.1) is 16.9 Å². The molecule has 0 aliphatic carbocycles. The molecule has 2 saturated heterocycles. The fourth-order valence-electron chi connectivity index (χ4n) is 3.36. The predicted molar refractivity (Wildman–Crippen MR) is 115 cm³/mol. The largest absolute Gasteiger partial charge is 0.496 e. The van der Waals surface area contributed by atoms with Gasteiger partial charge in [0.2, 0.25) is 0 Å². The number of rotatable bonds is 2. The predicted octanol–water partition coefficient (Wildman–Crippen LogP) is 2.31. The van der Waals surface area contributed by atoms with Crippen molar-refractivity contribution < 1.29 is 18.8 Å². The summed E-state index contributed by atoms with van der Waals surface area (Å²) in [5.74, 6) is 0. The second-order valence-corrected chi connectivity index (χ2v) is 9.79. The van der Waals surface area contributed by atoms with Gasteiger partial charge in [-0.3, -0.25) is 0 Å². The number of amides is 1. The minimum atomic E-state index is -0.544. The molecule has 162 valence electrons. The SMILES string of the molecule is CC(C)(C)OC(=O)N1CCN(c2cc(B3OC(C)(C)C(C)(C)O3)cnc2C#N)CC1. The van der Waals surface area contributed by atoms with Crippen LogP contribution in [0.1, 0.15) is 54.2 Å². The third-order valence-electron chi connectivity index (χ3n) is 5.79. The summed E-state index contributed by atoms with van der Waals surface area (Å²) in [6, 6.07) is 4.08. The van der Waals surface area contributed by atoms with Crippen molar-refractivity contribution in [3.63, 3.8) is 0 Å². The van der Waals surface area contributed by atoms with Crippen molar-refractivity contribution in [2.75, 3.05) is 31.1 Å². The summed E-state index contributed by atoms with van der Waals surface area (Å²) in [6.07, 6.45) is 1.33. The van der Waals surface area contributed by atoms with E-state index >= 15 is 0 Å². The molecule has 3 heterocycles. The Labute approximate surface area is 179 Å². The first-order chi connectivity index (χ1) is 13.8. The minimum absolute atomic E-state index is 0.313. The van der Waals surface area contributed by atoms with E-state index in [-0.39, 0.29) is 6.09 Å². The third kappa shape index (κ3) is 4.55. The van der Waals surface area contributed by atoms with Crippen LogP contribution in [0.4, 0.5) is 10.5 Å². The summed E-state index contributed by atoms with van der Waals surface area (Å²) in [5.41, 5.74) is 0.422. The summed E-state index contributed by atoms with van der Waals surface area (Å²) in [7, 11) is -0.544. The highest BCUT2D eigenvalue weighted by atomic mass is 16.7. The molecule has 0 spiro atoms. The van der Waals surface area contributed by atoms with Crippen LogP contribution in [0.5, 0.6) is 0 Å². The van der Waals surface area contributed by atoms with Crippen LogP contribution < -0.4 is 10.4 Å². The first-order valence-corrected chi connectivity index (χ1v) is 10.3. The topological polar surface area (TPSA) is 87.9 Å². The molecule has 1 aromatic heterocycles. The molecule has 0 aromatic carbocycles. The van der Waals surface area contributed by atoms with Gasteiger partial charge in [-0.15, -0.1) is 0 Å². The lowest BCUT2D eigenvalue weighted by Gasteiger charge is -2.37. The summed E-state index contributed by atoms with van der Waals surface area (Å²) in [4.78, 5) is 20.4. The Kier molecular flexibility index (Phi) is 5.78. The maximum atomic E-state index is 12.3. The molecule has 2 aliphatic heterocycles. The number of aromatic nitrogens is 1. The second kappa shape index (κ2) is 7.75.